The van der Waals surface area contributed by atoms with Crippen molar-refractivity contribution in [1.29, 1.82) is 0 Å². The number of nitrogens with one attached hydrogen (secondary N) is 2. The molecule has 0 spiro atoms. The molecule has 0 radical (unpaired) electrons. The van der Waals surface area contributed by atoms with Crippen LogP contribution in [0.1, 0.15) is 10.4 Å². The standard InChI is InChI=1S/C14H11N3O3/c18-9-5-8(6-10(19)7-9)14(20)15-13-11-3-1-2-4-12(11)16-17-13/h1-7,18-19H,(H2,15,16,17,20). The van der Waals surface area contributed by atoms with Gasteiger partial charge in [0.25, 0.3) is 5.91 Å². The van der Waals surface area contributed by atoms with Crippen LogP contribution in [0.4, 0.5) is 5.82 Å². The van der Waals surface area contributed by atoms with Crippen molar-refractivity contribution < 1.29 is 15.0 Å². The molecule has 1 heterocycles. The summed E-state index contributed by atoms with van der Waals surface area (Å²) >= 11 is 0. The second-order valence-corrected chi connectivity index (χ2v) is 4.31. The van der Waals surface area contributed by atoms with Gasteiger partial charge in [0, 0.05) is 17.0 Å². The molecule has 0 unspecified atom stereocenters. The van der Waals surface area contributed by atoms with Gasteiger partial charge in [-0.2, -0.15) is 5.10 Å². The fraction of sp³-hybridized carbons (Fsp3) is 0. The lowest BCUT2D eigenvalue weighted by Gasteiger charge is -2.04. The normalized spacial score (nSPS) is 10.6. The Morgan fingerprint density at radius 2 is 1.80 bits per heavy atom. The zero-order chi connectivity index (χ0) is 14.1. The molecule has 0 aliphatic carbocycles. The fourth-order valence-corrected chi connectivity index (χ4v) is 1.96. The SMILES string of the molecule is O=C(Nc1n[nH]c2ccccc12)c1cc(O)cc(O)c1. The van der Waals surface area contributed by atoms with Gasteiger partial charge in [-0.1, -0.05) is 12.1 Å². The van der Waals surface area contributed by atoms with Crippen LogP contribution in [-0.2, 0) is 0 Å². The van der Waals surface area contributed by atoms with Gasteiger partial charge in [-0.05, 0) is 24.3 Å². The summed E-state index contributed by atoms with van der Waals surface area (Å²) in [6.07, 6.45) is 0. The maximum atomic E-state index is 12.1. The van der Waals surface area contributed by atoms with Crippen LogP contribution in [-0.4, -0.2) is 26.3 Å². The number of phenols is 2. The topological polar surface area (TPSA) is 98.2 Å². The van der Waals surface area contributed by atoms with Crippen LogP contribution >= 0.6 is 0 Å². The van der Waals surface area contributed by atoms with Crippen molar-refractivity contribution in [2.45, 2.75) is 0 Å². The second kappa shape index (κ2) is 4.58. The smallest absolute Gasteiger partial charge is 0.257 e. The zero-order valence-electron chi connectivity index (χ0n) is 10.3. The highest BCUT2D eigenvalue weighted by molar-refractivity contribution is 6.08. The summed E-state index contributed by atoms with van der Waals surface area (Å²) in [5.74, 6) is -0.425. The van der Waals surface area contributed by atoms with Crippen LogP contribution in [0.3, 0.4) is 0 Å². The van der Waals surface area contributed by atoms with E-state index in [1.165, 1.54) is 12.1 Å². The highest BCUT2D eigenvalue weighted by Crippen LogP contribution is 2.23. The van der Waals surface area contributed by atoms with Crippen LogP contribution in [0.5, 0.6) is 11.5 Å². The molecule has 1 aromatic heterocycles. The van der Waals surface area contributed by atoms with E-state index in [1.807, 2.05) is 24.3 Å². The molecule has 6 nitrogen and oxygen atoms in total. The predicted octanol–water partition coefficient (Wildman–Crippen LogP) is 2.23. The number of hydrogen-bond donors (Lipinski definition) is 4. The Labute approximate surface area is 113 Å². The van der Waals surface area contributed by atoms with Crippen LogP contribution < -0.4 is 5.32 Å². The maximum absolute atomic E-state index is 12.1. The molecule has 0 saturated heterocycles. The molecular weight excluding hydrogens is 258 g/mol. The van der Waals surface area contributed by atoms with Gasteiger partial charge in [0.05, 0.1) is 5.52 Å². The molecule has 3 aromatic rings. The monoisotopic (exact) mass is 269 g/mol. The highest BCUT2D eigenvalue weighted by atomic mass is 16.3. The van der Waals surface area contributed by atoms with Crippen molar-refractivity contribution in [3.05, 3.63) is 48.0 Å². The number of rotatable bonds is 2. The average molecular weight is 269 g/mol. The van der Waals surface area contributed by atoms with Gasteiger partial charge in [-0.15, -0.1) is 0 Å². The highest BCUT2D eigenvalue weighted by Gasteiger charge is 2.12. The third kappa shape index (κ3) is 2.14. The van der Waals surface area contributed by atoms with Gasteiger partial charge >= 0.3 is 0 Å². The second-order valence-electron chi connectivity index (χ2n) is 4.31. The predicted molar refractivity (Wildman–Crippen MR) is 73.8 cm³/mol. The molecule has 0 bridgehead atoms. The van der Waals surface area contributed by atoms with E-state index < -0.39 is 5.91 Å². The maximum Gasteiger partial charge on any atom is 0.257 e. The van der Waals surface area contributed by atoms with E-state index in [4.69, 9.17) is 0 Å². The molecule has 0 fully saturated rings. The number of aromatic amines is 1. The van der Waals surface area contributed by atoms with E-state index in [2.05, 4.69) is 15.5 Å². The lowest BCUT2D eigenvalue weighted by molar-refractivity contribution is 0.102. The Kier molecular flexibility index (Phi) is 2.76. The third-order valence-corrected chi connectivity index (χ3v) is 2.87. The quantitative estimate of drug-likeness (QED) is 0.573. The molecule has 3 rings (SSSR count). The van der Waals surface area contributed by atoms with Crippen molar-refractivity contribution in [3.63, 3.8) is 0 Å². The Hall–Kier alpha value is -3.02. The summed E-state index contributed by atoms with van der Waals surface area (Å²) in [4.78, 5) is 12.1. The molecule has 0 saturated carbocycles. The largest absolute Gasteiger partial charge is 0.508 e. The summed E-state index contributed by atoms with van der Waals surface area (Å²) in [6, 6.07) is 11.1. The number of anilines is 1. The Balaban J connectivity index is 1.92. The molecule has 4 N–H and O–H groups in total. The van der Waals surface area contributed by atoms with Crippen molar-refractivity contribution in [2.75, 3.05) is 5.32 Å². The van der Waals surface area contributed by atoms with Crippen LogP contribution in [0.2, 0.25) is 0 Å². The molecular formula is C14H11N3O3. The third-order valence-electron chi connectivity index (χ3n) is 2.87. The minimum Gasteiger partial charge on any atom is -0.508 e. The number of aromatic hydroxyl groups is 2. The molecule has 1 amide bonds. The number of para-hydroxylation sites is 1. The van der Waals surface area contributed by atoms with Gasteiger partial charge in [0.2, 0.25) is 0 Å². The number of phenolic OH excluding ortho intramolecular Hbond substituents is 2. The summed E-state index contributed by atoms with van der Waals surface area (Å²) in [5, 5.41) is 29.0. The first-order valence-corrected chi connectivity index (χ1v) is 5.91. The first-order chi connectivity index (χ1) is 9.63. The number of H-pyrrole nitrogens is 1. The zero-order valence-corrected chi connectivity index (χ0v) is 10.3. The number of carbonyl (C=O) groups excluding carboxylic acids is 1. The van der Waals surface area contributed by atoms with Gasteiger partial charge < -0.3 is 15.5 Å². The van der Waals surface area contributed by atoms with E-state index in [9.17, 15) is 15.0 Å². The Morgan fingerprint density at radius 3 is 2.55 bits per heavy atom. The lowest BCUT2D eigenvalue weighted by atomic mass is 10.2. The summed E-state index contributed by atoms with van der Waals surface area (Å²) in [6.45, 7) is 0. The molecule has 0 aliphatic heterocycles. The molecule has 0 atom stereocenters. The number of amides is 1. The Morgan fingerprint density at radius 1 is 1.10 bits per heavy atom. The van der Waals surface area contributed by atoms with E-state index in [-0.39, 0.29) is 17.1 Å². The van der Waals surface area contributed by atoms with Gasteiger partial charge in [0.1, 0.15) is 11.5 Å². The Bertz CT molecular complexity index is 775. The van der Waals surface area contributed by atoms with Crippen LogP contribution in [0, 0.1) is 0 Å². The van der Waals surface area contributed by atoms with E-state index in [0.717, 1.165) is 17.0 Å². The summed E-state index contributed by atoms with van der Waals surface area (Å²) in [7, 11) is 0. The molecule has 100 valence electrons. The number of hydrogen-bond acceptors (Lipinski definition) is 4. The van der Waals surface area contributed by atoms with E-state index in [0.29, 0.717) is 5.82 Å². The summed E-state index contributed by atoms with van der Waals surface area (Å²) < 4.78 is 0. The van der Waals surface area contributed by atoms with Crippen molar-refractivity contribution in [2.24, 2.45) is 0 Å². The van der Waals surface area contributed by atoms with E-state index in [1.54, 1.807) is 0 Å². The van der Waals surface area contributed by atoms with Crippen molar-refractivity contribution in [3.8, 4) is 11.5 Å². The minimum atomic E-state index is -0.464. The van der Waals surface area contributed by atoms with Crippen LogP contribution in [0.25, 0.3) is 10.9 Å². The average Bonchev–Trinajstić information content (AvgIpc) is 2.81. The number of benzene rings is 2. The number of aromatic nitrogens is 2. The fourth-order valence-electron chi connectivity index (χ4n) is 1.96. The molecule has 0 aliphatic rings. The number of carbonyl (C=O) groups is 1. The number of fused-ring (bicyclic) bond motifs is 1. The molecule has 6 heteroatoms. The molecule has 2 aromatic carbocycles. The summed E-state index contributed by atoms with van der Waals surface area (Å²) in [5.41, 5.74) is 0.955. The van der Waals surface area contributed by atoms with Crippen LogP contribution in [0.15, 0.2) is 42.5 Å². The van der Waals surface area contributed by atoms with E-state index >= 15 is 0 Å². The van der Waals surface area contributed by atoms with Gasteiger partial charge in [-0.25, -0.2) is 0 Å². The lowest BCUT2D eigenvalue weighted by Crippen LogP contribution is -2.12. The van der Waals surface area contributed by atoms with Gasteiger partial charge in [-0.3, -0.25) is 9.89 Å². The first-order valence-electron chi connectivity index (χ1n) is 5.91. The first kappa shape index (κ1) is 12.0. The number of nitrogens with zero attached hydrogens (tertiary/aromatic N) is 1. The van der Waals surface area contributed by atoms with Crippen molar-refractivity contribution >= 4 is 22.6 Å². The van der Waals surface area contributed by atoms with Crippen molar-refractivity contribution in [1.82, 2.24) is 10.2 Å². The minimum absolute atomic E-state index is 0.148. The molecule has 20 heavy (non-hydrogen) atoms. The van der Waals surface area contributed by atoms with Gasteiger partial charge in [0.15, 0.2) is 5.82 Å².